The second kappa shape index (κ2) is 7.63. The van der Waals surface area contributed by atoms with Gasteiger partial charge in [0.15, 0.2) is 0 Å². The summed E-state index contributed by atoms with van der Waals surface area (Å²) in [5, 5.41) is 0. The highest BCUT2D eigenvalue weighted by molar-refractivity contribution is 5.25. The molecule has 1 aromatic rings. The summed E-state index contributed by atoms with van der Waals surface area (Å²) >= 11 is 0. The summed E-state index contributed by atoms with van der Waals surface area (Å²) in [6.45, 7) is 6.70. The molecule has 1 saturated heterocycles. The van der Waals surface area contributed by atoms with Crippen LogP contribution in [0.3, 0.4) is 0 Å². The maximum absolute atomic E-state index is 5.88. The van der Waals surface area contributed by atoms with Crippen molar-refractivity contribution in [1.29, 1.82) is 0 Å². The first kappa shape index (κ1) is 14.5. The number of nitrogens with two attached hydrogens (primary N) is 1. The highest BCUT2D eigenvalue weighted by Crippen LogP contribution is 2.22. The molecule has 1 unspecified atom stereocenters. The quantitative estimate of drug-likeness (QED) is 0.855. The fraction of sp³-hybridized carbons (Fsp3) is 0.625. The predicted octanol–water partition coefficient (Wildman–Crippen LogP) is 2.36. The number of hydrogen-bond acceptors (Lipinski definition) is 3. The van der Waals surface area contributed by atoms with E-state index in [1.807, 2.05) is 0 Å². The summed E-state index contributed by atoms with van der Waals surface area (Å²) in [5.74, 6) is 0. The number of morpholine rings is 1. The molecule has 0 aromatic heterocycles. The minimum Gasteiger partial charge on any atom is -0.371 e. The summed E-state index contributed by atoms with van der Waals surface area (Å²) in [5.41, 5.74) is 8.35. The minimum atomic E-state index is 0.209. The summed E-state index contributed by atoms with van der Waals surface area (Å²) in [4.78, 5) is 2.39. The van der Waals surface area contributed by atoms with Crippen molar-refractivity contribution in [3.8, 4) is 0 Å². The van der Waals surface area contributed by atoms with E-state index in [1.54, 1.807) is 0 Å². The second-order valence-electron chi connectivity index (χ2n) is 5.29. The Bertz CT molecular complexity index is 362. The maximum Gasteiger partial charge on any atom is 0.0952 e. The fourth-order valence-corrected chi connectivity index (χ4v) is 2.57. The van der Waals surface area contributed by atoms with Crippen LogP contribution in [-0.2, 0) is 11.2 Å². The standard InChI is InChI=1S/C16H26N2O/c1-2-3-4-14-5-7-15(8-6-14)16-13-18(10-9-17)11-12-19-16/h5-8,16H,2-4,9-13,17H2,1H3. The second-order valence-corrected chi connectivity index (χ2v) is 5.29. The van der Waals surface area contributed by atoms with Gasteiger partial charge in [0.1, 0.15) is 0 Å². The van der Waals surface area contributed by atoms with E-state index in [2.05, 4.69) is 36.1 Å². The number of nitrogens with zero attached hydrogens (tertiary/aromatic N) is 1. The van der Waals surface area contributed by atoms with Crippen LogP contribution in [0.2, 0.25) is 0 Å². The number of hydrogen-bond donors (Lipinski definition) is 1. The lowest BCUT2D eigenvalue weighted by molar-refractivity contribution is -0.0288. The number of unbranched alkanes of at least 4 members (excludes halogenated alkanes) is 1. The Morgan fingerprint density at radius 3 is 2.79 bits per heavy atom. The lowest BCUT2D eigenvalue weighted by atomic mass is 10.0. The van der Waals surface area contributed by atoms with Gasteiger partial charge in [-0.05, 0) is 24.0 Å². The summed E-state index contributed by atoms with van der Waals surface area (Å²) in [6, 6.07) is 8.94. The predicted molar refractivity (Wildman–Crippen MR) is 79.2 cm³/mol. The molecule has 0 aliphatic carbocycles. The van der Waals surface area contributed by atoms with Gasteiger partial charge in [-0.15, -0.1) is 0 Å². The van der Waals surface area contributed by atoms with Crippen molar-refractivity contribution >= 4 is 0 Å². The Labute approximate surface area is 116 Å². The minimum absolute atomic E-state index is 0.209. The molecule has 0 spiro atoms. The van der Waals surface area contributed by atoms with Crippen molar-refractivity contribution in [2.24, 2.45) is 5.73 Å². The SMILES string of the molecule is CCCCc1ccc(C2CN(CCN)CCO2)cc1. The Morgan fingerprint density at radius 1 is 1.32 bits per heavy atom. The van der Waals surface area contributed by atoms with Crippen LogP contribution in [0.25, 0.3) is 0 Å². The van der Waals surface area contributed by atoms with Crippen molar-refractivity contribution < 1.29 is 4.74 Å². The molecule has 1 fully saturated rings. The summed E-state index contributed by atoms with van der Waals surface area (Å²) in [7, 11) is 0. The average molecular weight is 262 g/mol. The molecule has 1 heterocycles. The average Bonchev–Trinajstić information content (AvgIpc) is 2.46. The molecule has 3 heteroatoms. The molecule has 1 aromatic carbocycles. The van der Waals surface area contributed by atoms with E-state index in [0.29, 0.717) is 0 Å². The van der Waals surface area contributed by atoms with Gasteiger partial charge in [-0.25, -0.2) is 0 Å². The Kier molecular flexibility index (Phi) is 5.83. The molecule has 1 atom stereocenters. The van der Waals surface area contributed by atoms with Crippen molar-refractivity contribution in [2.75, 3.05) is 32.8 Å². The van der Waals surface area contributed by atoms with Crippen LogP contribution in [0, 0.1) is 0 Å². The van der Waals surface area contributed by atoms with Crippen LogP contribution in [0.5, 0.6) is 0 Å². The number of aryl methyl sites for hydroxylation is 1. The molecule has 0 amide bonds. The smallest absolute Gasteiger partial charge is 0.0952 e. The van der Waals surface area contributed by atoms with Gasteiger partial charge in [0.2, 0.25) is 0 Å². The van der Waals surface area contributed by atoms with E-state index in [0.717, 1.165) is 32.8 Å². The molecule has 1 aliphatic heterocycles. The first-order valence-electron chi connectivity index (χ1n) is 7.46. The highest BCUT2D eigenvalue weighted by atomic mass is 16.5. The largest absolute Gasteiger partial charge is 0.371 e. The number of rotatable bonds is 6. The lowest BCUT2D eigenvalue weighted by Gasteiger charge is -2.32. The normalized spacial score (nSPS) is 20.6. The third kappa shape index (κ3) is 4.30. The lowest BCUT2D eigenvalue weighted by Crippen LogP contribution is -2.40. The van der Waals surface area contributed by atoms with Crippen LogP contribution in [0.1, 0.15) is 37.0 Å². The molecular formula is C16H26N2O. The summed E-state index contributed by atoms with van der Waals surface area (Å²) in [6.07, 6.45) is 3.91. The Morgan fingerprint density at radius 2 is 2.11 bits per heavy atom. The Hall–Kier alpha value is -0.900. The van der Waals surface area contributed by atoms with Crippen molar-refractivity contribution in [1.82, 2.24) is 4.90 Å². The number of benzene rings is 1. The molecule has 19 heavy (non-hydrogen) atoms. The molecule has 0 bridgehead atoms. The fourth-order valence-electron chi connectivity index (χ4n) is 2.57. The molecule has 1 aliphatic rings. The molecule has 0 radical (unpaired) electrons. The van der Waals surface area contributed by atoms with Crippen LogP contribution in [-0.4, -0.2) is 37.7 Å². The van der Waals surface area contributed by atoms with Gasteiger partial charge in [-0.3, -0.25) is 4.90 Å². The molecule has 0 saturated carbocycles. The van der Waals surface area contributed by atoms with Gasteiger partial charge in [0.25, 0.3) is 0 Å². The number of ether oxygens (including phenoxy) is 1. The van der Waals surface area contributed by atoms with Crippen molar-refractivity contribution in [3.63, 3.8) is 0 Å². The van der Waals surface area contributed by atoms with E-state index in [4.69, 9.17) is 10.5 Å². The molecule has 106 valence electrons. The zero-order valence-electron chi connectivity index (χ0n) is 12.0. The molecular weight excluding hydrogens is 236 g/mol. The topological polar surface area (TPSA) is 38.5 Å². The van der Waals surface area contributed by atoms with Gasteiger partial charge in [-0.2, -0.15) is 0 Å². The first-order chi connectivity index (χ1) is 9.33. The van der Waals surface area contributed by atoms with Crippen LogP contribution in [0.4, 0.5) is 0 Å². The van der Waals surface area contributed by atoms with Crippen molar-refractivity contribution in [3.05, 3.63) is 35.4 Å². The van der Waals surface area contributed by atoms with E-state index >= 15 is 0 Å². The zero-order chi connectivity index (χ0) is 13.5. The molecule has 3 nitrogen and oxygen atoms in total. The zero-order valence-corrected chi connectivity index (χ0v) is 12.0. The third-order valence-corrected chi connectivity index (χ3v) is 3.77. The van der Waals surface area contributed by atoms with Crippen LogP contribution >= 0.6 is 0 Å². The maximum atomic E-state index is 5.88. The molecule has 2 N–H and O–H groups in total. The van der Waals surface area contributed by atoms with Gasteiger partial charge >= 0.3 is 0 Å². The van der Waals surface area contributed by atoms with E-state index < -0.39 is 0 Å². The first-order valence-corrected chi connectivity index (χ1v) is 7.46. The van der Waals surface area contributed by atoms with Gasteiger partial charge in [0, 0.05) is 26.2 Å². The van der Waals surface area contributed by atoms with E-state index in [1.165, 1.54) is 30.4 Å². The van der Waals surface area contributed by atoms with Crippen LogP contribution in [0.15, 0.2) is 24.3 Å². The van der Waals surface area contributed by atoms with Gasteiger partial charge < -0.3 is 10.5 Å². The Balaban J connectivity index is 1.93. The van der Waals surface area contributed by atoms with Crippen LogP contribution < -0.4 is 5.73 Å². The third-order valence-electron chi connectivity index (χ3n) is 3.77. The highest BCUT2D eigenvalue weighted by Gasteiger charge is 2.21. The van der Waals surface area contributed by atoms with Gasteiger partial charge in [0.05, 0.1) is 12.7 Å². The molecule has 2 rings (SSSR count). The monoisotopic (exact) mass is 262 g/mol. The summed E-state index contributed by atoms with van der Waals surface area (Å²) < 4.78 is 5.88. The van der Waals surface area contributed by atoms with Crippen molar-refractivity contribution in [2.45, 2.75) is 32.3 Å². The van der Waals surface area contributed by atoms with E-state index in [-0.39, 0.29) is 6.10 Å². The van der Waals surface area contributed by atoms with E-state index in [9.17, 15) is 0 Å². The van der Waals surface area contributed by atoms with Gasteiger partial charge in [-0.1, -0.05) is 37.6 Å².